The predicted octanol–water partition coefficient (Wildman–Crippen LogP) is 10.1. The number of carbonyl (C=O) groups excluding carboxylic acids is 2. The highest BCUT2D eigenvalue weighted by atomic mass is 28.4. The van der Waals surface area contributed by atoms with E-state index >= 15 is 0 Å². The molecule has 0 radical (unpaired) electrons. The second-order valence-corrected chi connectivity index (χ2v) is 22.6. The van der Waals surface area contributed by atoms with E-state index in [1.54, 1.807) is 4.90 Å². The first kappa shape index (κ1) is 40.3. The van der Waals surface area contributed by atoms with Crippen molar-refractivity contribution in [3.63, 3.8) is 0 Å². The molecular weight excluding hydrogens is 705 g/mol. The molecule has 1 unspecified atom stereocenters. The van der Waals surface area contributed by atoms with E-state index in [-0.39, 0.29) is 17.0 Å². The average molecular weight is 765 g/mol. The summed E-state index contributed by atoms with van der Waals surface area (Å²) in [7, 11) is -2.30. The maximum Gasteiger partial charge on any atom is 0.410 e. The minimum absolute atomic E-state index is 0.0471. The zero-order valence-electron chi connectivity index (χ0n) is 34.6. The van der Waals surface area contributed by atoms with Crippen molar-refractivity contribution in [2.75, 3.05) is 26.2 Å². The van der Waals surface area contributed by atoms with Gasteiger partial charge in [0.2, 0.25) is 0 Å². The molecule has 2 atom stereocenters. The standard InChI is InChI=1S/C45H60N4O5Si/c1-31-16-17-32(2)49(31)41-23-20-37(28-46-41)40(54-55(9,10)45(6,7)8)30-48(43(51)53-44(3,4)5)29-38-21-18-35-26-34(19-22-39(35)52-38)33-14-13-15-36(27-33)42(50)47-24-11-12-25-47/h13-17,19-20,22-23,26-28,38,40H,11-12,18,21,24-25,29-30H2,1-10H3/t38?,40-/m0/s1. The largest absolute Gasteiger partial charge is 0.488 e. The maximum absolute atomic E-state index is 14.0. The number of hydrogen-bond acceptors (Lipinski definition) is 6. The summed E-state index contributed by atoms with van der Waals surface area (Å²) >= 11 is 0. The highest BCUT2D eigenvalue weighted by Crippen LogP contribution is 2.40. The molecule has 4 heterocycles. The summed E-state index contributed by atoms with van der Waals surface area (Å²) in [5.41, 5.74) is 6.39. The number of fused-ring (bicyclic) bond motifs is 1. The van der Waals surface area contributed by atoms with Crippen LogP contribution in [0.4, 0.5) is 4.79 Å². The first-order valence-corrected chi connectivity index (χ1v) is 22.8. The summed E-state index contributed by atoms with van der Waals surface area (Å²) in [5, 5.41) is -0.0471. The Bertz CT molecular complexity index is 1970. The monoisotopic (exact) mass is 764 g/mol. The number of nitrogens with zero attached hydrogens (tertiary/aromatic N) is 4. The third-order valence-electron chi connectivity index (χ3n) is 11.3. The molecule has 0 bridgehead atoms. The van der Waals surface area contributed by atoms with Crippen molar-refractivity contribution in [1.29, 1.82) is 0 Å². The number of amides is 2. The van der Waals surface area contributed by atoms with E-state index in [9.17, 15) is 9.59 Å². The van der Waals surface area contributed by atoms with Gasteiger partial charge in [0.05, 0.1) is 19.2 Å². The fourth-order valence-corrected chi connectivity index (χ4v) is 8.45. The van der Waals surface area contributed by atoms with Gasteiger partial charge in [-0.25, -0.2) is 9.78 Å². The van der Waals surface area contributed by atoms with Crippen LogP contribution < -0.4 is 4.74 Å². The zero-order valence-corrected chi connectivity index (χ0v) is 35.6. The molecule has 1 saturated heterocycles. The van der Waals surface area contributed by atoms with Gasteiger partial charge < -0.3 is 28.3 Å². The van der Waals surface area contributed by atoms with Gasteiger partial charge in [-0.2, -0.15) is 0 Å². The SMILES string of the molecule is Cc1ccc(C)n1-c1ccc([C@H](CN(CC2CCc3cc(-c4cccc(C(=O)N5CCCC5)c4)ccc3O2)C(=O)OC(C)(C)C)O[Si](C)(C)C(C)(C)C)cn1. The second-order valence-electron chi connectivity index (χ2n) is 17.8. The van der Waals surface area contributed by atoms with E-state index in [1.165, 1.54) is 0 Å². The minimum atomic E-state index is -2.30. The van der Waals surface area contributed by atoms with E-state index in [4.69, 9.17) is 18.9 Å². The summed E-state index contributed by atoms with van der Waals surface area (Å²) in [6, 6.07) is 22.5. The molecule has 6 rings (SSSR count). The predicted molar refractivity (Wildman–Crippen MR) is 222 cm³/mol. The molecule has 0 spiro atoms. The molecule has 55 heavy (non-hydrogen) atoms. The molecular formula is C45H60N4O5Si. The molecule has 2 amide bonds. The summed E-state index contributed by atoms with van der Waals surface area (Å²) in [6.07, 6.45) is 4.51. The quantitative estimate of drug-likeness (QED) is 0.150. The summed E-state index contributed by atoms with van der Waals surface area (Å²) in [5.74, 6) is 1.77. The van der Waals surface area contributed by atoms with Gasteiger partial charge in [-0.1, -0.05) is 45.0 Å². The Kier molecular flexibility index (Phi) is 11.7. The van der Waals surface area contributed by atoms with Gasteiger partial charge in [0, 0.05) is 36.2 Å². The van der Waals surface area contributed by atoms with Crippen LogP contribution in [0.25, 0.3) is 16.9 Å². The first-order chi connectivity index (χ1) is 25.9. The smallest absolute Gasteiger partial charge is 0.410 e. The van der Waals surface area contributed by atoms with Crippen molar-refractivity contribution in [3.8, 4) is 22.7 Å². The van der Waals surface area contributed by atoms with Crippen LogP contribution in [0.15, 0.2) is 72.9 Å². The van der Waals surface area contributed by atoms with Gasteiger partial charge in [0.25, 0.3) is 5.91 Å². The molecule has 0 aliphatic carbocycles. The normalized spacial score (nSPS) is 16.7. The molecule has 10 heteroatoms. The van der Waals surface area contributed by atoms with Gasteiger partial charge in [-0.3, -0.25) is 4.79 Å². The third kappa shape index (κ3) is 9.52. The third-order valence-corrected chi connectivity index (χ3v) is 15.8. The van der Waals surface area contributed by atoms with Crippen LogP contribution in [0.2, 0.25) is 18.1 Å². The van der Waals surface area contributed by atoms with Gasteiger partial charge in [0.1, 0.15) is 23.3 Å². The van der Waals surface area contributed by atoms with Crippen molar-refractivity contribution in [1.82, 2.24) is 19.4 Å². The highest BCUT2D eigenvalue weighted by molar-refractivity contribution is 6.74. The van der Waals surface area contributed by atoms with Crippen LogP contribution in [0.5, 0.6) is 5.75 Å². The molecule has 9 nitrogen and oxygen atoms in total. The fraction of sp³-hybridized carbons (Fsp3) is 0.489. The lowest BCUT2D eigenvalue weighted by Gasteiger charge is -2.41. The van der Waals surface area contributed by atoms with E-state index < -0.39 is 26.1 Å². The van der Waals surface area contributed by atoms with Crippen molar-refractivity contribution in [2.45, 2.75) is 117 Å². The van der Waals surface area contributed by atoms with Crippen LogP contribution in [0.3, 0.4) is 0 Å². The molecule has 2 aromatic heterocycles. The van der Waals surface area contributed by atoms with Crippen LogP contribution in [0, 0.1) is 13.8 Å². The van der Waals surface area contributed by atoms with Crippen molar-refractivity contribution >= 4 is 20.3 Å². The van der Waals surface area contributed by atoms with Crippen molar-refractivity contribution in [3.05, 3.63) is 101 Å². The second kappa shape index (κ2) is 16.0. The summed E-state index contributed by atoms with van der Waals surface area (Å²) in [6.45, 7) is 23.3. The fourth-order valence-electron chi connectivity index (χ4n) is 7.18. The molecule has 1 fully saturated rings. The minimum Gasteiger partial charge on any atom is -0.488 e. The van der Waals surface area contributed by atoms with Crippen LogP contribution >= 0.6 is 0 Å². The number of aryl methyl sites for hydroxylation is 3. The van der Waals surface area contributed by atoms with E-state index in [0.717, 1.165) is 89.5 Å². The molecule has 4 aromatic rings. The first-order valence-electron chi connectivity index (χ1n) is 19.8. The molecule has 2 aliphatic rings. The Hall–Kier alpha value is -4.41. The van der Waals surface area contributed by atoms with Crippen LogP contribution in [-0.4, -0.2) is 77.6 Å². The molecule has 2 aliphatic heterocycles. The summed E-state index contributed by atoms with van der Waals surface area (Å²) in [4.78, 5) is 35.7. The van der Waals surface area contributed by atoms with Gasteiger partial charge in [-0.05, 0) is 143 Å². The number of hydrogen-bond donors (Lipinski definition) is 0. The Morgan fingerprint density at radius 1 is 0.927 bits per heavy atom. The number of pyridine rings is 1. The van der Waals surface area contributed by atoms with Gasteiger partial charge >= 0.3 is 6.09 Å². The number of benzene rings is 2. The Morgan fingerprint density at radius 2 is 1.62 bits per heavy atom. The molecule has 0 saturated carbocycles. The Balaban J connectivity index is 1.24. The van der Waals surface area contributed by atoms with Gasteiger partial charge in [0.15, 0.2) is 8.32 Å². The lowest BCUT2D eigenvalue weighted by molar-refractivity contribution is 0.00490. The number of aromatic nitrogens is 2. The van der Waals surface area contributed by atoms with Crippen LogP contribution in [0.1, 0.15) is 99.8 Å². The van der Waals surface area contributed by atoms with E-state index in [2.05, 4.69) is 88.7 Å². The number of rotatable bonds is 10. The van der Waals surface area contributed by atoms with Crippen LogP contribution in [-0.2, 0) is 15.6 Å². The number of carbonyl (C=O) groups is 2. The Labute approximate surface area is 329 Å². The maximum atomic E-state index is 14.0. The van der Waals surface area contributed by atoms with Gasteiger partial charge in [-0.15, -0.1) is 0 Å². The van der Waals surface area contributed by atoms with E-state index in [0.29, 0.717) is 13.1 Å². The molecule has 0 N–H and O–H groups in total. The average Bonchev–Trinajstić information content (AvgIpc) is 3.79. The van der Waals surface area contributed by atoms with Crippen molar-refractivity contribution in [2.24, 2.45) is 0 Å². The highest BCUT2D eigenvalue weighted by Gasteiger charge is 2.41. The lowest BCUT2D eigenvalue weighted by Crippen LogP contribution is -2.48. The number of likely N-dealkylation sites (tertiary alicyclic amines) is 1. The zero-order chi connectivity index (χ0) is 39.7. The molecule has 294 valence electrons. The topological polar surface area (TPSA) is 86.1 Å². The van der Waals surface area contributed by atoms with Crippen molar-refractivity contribution < 1.29 is 23.5 Å². The Morgan fingerprint density at radius 3 is 2.25 bits per heavy atom. The molecule has 2 aromatic carbocycles. The van der Waals surface area contributed by atoms with E-state index in [1.807, 2.05) is 62.2 Å². The summed E-state index contributed by atoms with van der Waals surface area (Å²) < 4.78 is 21.9. The number of ether oxygens (including phenoxy) is 2. The lowest BCUT2D eigenvalue weighted by atomic mass is 9.96.